The smallest absolute Gasteiger partial charge is 0.199 e. The maximum atomic E-state index is 12.8. The van der Waals surface area contributed by atoms with Crippen molar-refractivity contribution in [1.29, 1.82) is 0 Å². The average molecular weight is 432 g/mol. The average Bonchev–Trinajstić information content (AvgIpc) is 2.79. The van der Waals surface area contributed by atoms with Crippen molar-refractivity contribution in [1.82, 2.24) is 0 Å². The number of benzene rings is 3. The van der Waals surface area contributed by atoms with Crippen LogP contribution >= 0.6 is 0 Å². The Hall–Kier alpha value is -3.18. The van der Waals surface area contributed by atoms with E-state index in [1.807, 2.05) is 24.3 Å². The number of allylic oxidation sites excluding steroid dienone is 2. The number of nitrogens with zero attached hydrogens (tertiary/aromatic N) is 1. The summed E-state index contributed by atoms with van der Waals surface area (Å²) in [6.45, 7) is 2.12. The third kappa shape index (κ3) is 4.32. The van der Waals surface area contributed by atoms with Gasteiger partial charge in [0.1, 0.15) is 7.11 Å². The molecule has 0 saturated carbocycles. The molecule has 31 heavy (non-hydrogen) atoms. The second-order valence-corrected chi connectivity index (χ2v) is 9.47. The Morgan fingerprint density at radius 1 is 0.935 bits per heavy atom. The van der Waals surface area contributed by atoms with Gasteiger partial charge in [-0.25, -0.2) is 8.42 Å². The van der Waals surface area contributed by atoms with E-state index in [1.54, 1.807) is 43.5 Å². The zero-order chi connectivity index (χ0) is 21.8. The molecule has 0 unspecified atom stereocenters. The molecule has 3 aromatic carbocycles. The van der Waals surface area contributed by atoms with Crippen molar-refractivity contribution >= 4 is 38.0 Å². The fourth-order valence-corrected chi connectivity index (χ4v) is 5.15. The van der Waals surface area contributed by atoms with Crippen molar-refractivity contribution in [2.75, 3.05) is 7.11 Å². The number of fused-ring (bicyclic) bond motifs is 1. The van der Waals surface area contributed by atoms with E-state index >= 15 is 0 Å². The second kappa shape index (κ2) is 8.90. The molecule has 0 N–H and O–H groups in total. The van der Waals surface area contributed by atoms with Crippen LogP contribution in [0.1, 0.15) is 37.3 Å². The quantitative estimate of drug-likeness (QED) is 0.449. The summed E-state index contributed by atoms with van der Waals surface area (Å²) in [6, 6.07) is 20.6. The molecular weight excluding hydrogens is 406 g/mol. The minimum absolute atomic E-state index is 0.281. The third-order valence-electron chi connectivity index (χ3n) is 5.59. The summed E-state index contributed by atoms with van der Waals surface area (Å²) in [5.41, 5.74) is 5.05. The minimum Gasteiger partial charge on any atom is -0.399 e. The van der Waals surface area contributed by atoms with E-state index in [2.05, 4.69) is 24.2 Å². The lowest BCUT2D eigenvalue weighted by Gasteiger charge is -2.23. The topological polar surface area (TPSA) is 55.7 Å². The Morgan fingerprint density at radius 3 is 2.45 bits per heavy atom. The molecule has 0 bridgehead atoms. The van der Waals surface area contributed by atoms with Gasteiger partial charge in [0.15, 0.2) is 9.84 Å². The van der Waals surface area contributed by atoms with E-state index in [1.165, 1.54) is 11.0 Å². The molecule has 3 aromatic rings. The first kappa shape index (κ1) is 21.1. The van der Waals surface area contributed by atoms with Gasteiger partial charge < -0.3 is 4.84 Å². The molecule has 158 valence electrons. The van der Waals surface area contributed by atoms with Gasteiger partial charge in [-0.15, -0.1) is 0 Å². The number of rotatable bonds is 5. The van der Waals surface area contributed by atoms with E-state index in [-0.39, 0.29) is 4.90 Å². The Balaban J connectivity index is 1.93. The van der Waals surface area contributed by atoms with Gasteiger partial charge in [0.05, 0.1) is 10.6 Å². The van der Waals surface area contributed by atoms with Crippen LogP contribution in [0.5, 0.6) is 0 Å². The number of oxime groups is 1. The predicted molar refractivity (Wildman–Crippen MR) is 127 cm³/mol. The molecule has 0 saturated heterocycles. The van der Waals surface area contributed by atoms with Gasteiger partial charge >= 0.3 is 0 Å². The molecule has 0 amide bonds. The fraction of sp³-hybridized carbons (Fsp3) is 0.192. The monoisotopic (exact) mass is 431 g/mol. The van der Waals surface area contributed by atoms with Gasteiger partial charge in [-0.1, -0.05) is 65.3 Å². The van der Waals surface area contributed by atoms with Crippen LogP contribution in [0.2, 0.25) is 0 Å². The van der Waals surface area contributed by atoms with Gasteiger partial charge in [-0.3, -0.25) is 0 Å². The highest BCUT2D eigenvalue weighted by atomic mass is 32.2. The Labute approximate surface area is 183 Å². The lowest BCUT2D eigenvalue weighted by atomic mass is 9.82. The first-order valence-electron chi connectivity index (χ1n) is 10.3. The summed E-state index contributed by atoms with van der Waals surface area (Å²) < 4.78 is 25.7. The van der Waals surface area contributed by atoms with Gasteiger partial charge in [0.25, 0.3) is 0 Å². The summed E-state index contributed by atoms with van der Waals surface area (Å²) >= 11 is 0. The van der Waals surface area contributed by atoms with Gasteiger partial charge in [0, 0.05) is 11.0 Å². The normalized spacial score (nSPS) is 16.4. The molecule has 1 aliphatic carbocycles. The SMILES string of the molecule is CO/N=C1\CCCC(C)=C1c1c(/C=C/S(=O)(=O)c2ccccc2)ccc2ccccc12. The predicted octanol–water partition coefficient (Wildman–Crippen LogP) is 6.24. The van der Waals surface area contributed by atoms with Crippen LogP contribution in [0.25, 0.3) is 22.4 Å². The van der Waals surface area contributed by atoms with Crippen molar-refractivity contribution in [3.05, 3.63) is 88.8 Å². The minimum atomic E-state index is -3.55. The number of sulfone groups is 1. The Bertz CT molecular complexity index is 1300. The number of hydrogen-bond acceptors (Lipinski definition) is 4. The Kier molecular flexibility index (Phi) is 6.05. The first-order chi connectivity index (χ1) is 15.0. The summed E-state index contributed by atoms with van der Waals surface area (Å²) in [5.74, 6) is 0. The lowest BCUT2D eigenvalue weighted by molar-refractivity contribution is 0.213. The largest absolute Gasteiger partial charge is 0.399 e. The molecule has 1 aliphatic rings. The molecule has 0 fully saturated rings. The van der Waals surface area contributed by atoms with Gasteiger partial charge in [-0.2, -0.15) is 0 Å². The van der Waals surface area contributed by atoms with Crippen molar-refractivity contribution in [2.24, 2.45) is 5.16 Å². The maximum absolute atomic E-state index is 12.8. The molecule has 0 radical (unpaired) electrons. The highest BCUT2D eigenvalue weighted by Crippen LogP contribution is 2.37. The van der Waals surface area contributed by atoms with E-state index in [0.717, 1.165) is 52.4 Å². The van der Waals surface area contributed by atoms with E-state index in [4.69, 9.17) is 4.84 Å². The highest BCUT2D eigenvalue weighted by molar-refractivity contribution is 7.94. The van der Waals surface area contributed by atoms with Crippen molar-refractivity contribution in [3.63, 3.8) is 0 Å². The molecule has 5 heteroatoms. The van der Waals surface area contributed by atoms with Crippen molar-refractivity contribution in [3.8, 4) is 0 Å². The van der Waals surface area contributed by atoms with Crippen LogP contribution in [0.4, 0.5) is 0 Å². The summed E-state index contributed by atoms with van der Waals surface area (Å²) in [7, 11) is -1.99. The second-order valence-electron chi connectivity index (χ2n) is 7.64. The molecule has 4 rings (SSSR count). The number of hydrogen-bond donors (Lipinski definition) is 0. The van der Waals surface area contributed by atoms with Crippen LogP contribution in [0.3, 0.4) is 0 Å². The van der Waals surface area contributed by atoms with E-state index < -0.39 is 9.84 Å². The standard InChI is InChI=1S/C26H25NO3S/c1-19-9-8-14-24(27-30-2)25(19)26-21(16-15-20-10-6-7-13-23(20)26)17-18-31(28,29)22-11-4-3-5-12-22/h3-7,10-13,15-18H,8-9,14H2,1-2H3/b18-17+,27-24+. The van der Waals surface area contributed by atoms with E-state index in [0.29, 0.717) is 0 Å². The first-order valence-corrected chi connectivity index (χ1v) is 11.9. The van der Waals surface area contributed by atoms with Crippen molar-refractivity contribution < 1.29 is 13.3 Å². The maximum Gasteiger partial charge on any atom is 0.199 e. The zero-order valence-electron chi connectivity index (χ0n) is 17.7. The van der Waals surface area contributed by atoms with Gasteiger partial charge in [0.2, 0.25) is 0 Å². The van der Waals surface area contributed by atoms with Crippen LogP contribution in [0, 0.1) is 0 Å². The van der Waals surface area contributed by atoms with Crippen LogP contribution in [-0.4, -0.2) is 21.2 Å². The van der Waals surface area contributed by atoms with Crippen LogP contribution in [0.15, 0.2) is 87.8 Å². The van der Waals surface area contributed by atoms with Crippen molar-refractivity contribution in [2.45, 2.75) is 31.1 Å². The molecular formula is C26H25NO3S. The molecule has 0 spiro atoms. The molecule has 4 nitrogen and oxygen atoms in total. The summed E-state index contributed by atoms with van der Waals surface area (Å²) in [4.78, 5) is 5.43. The van der Waals surface area contributed by atoms with Crippen LogP contribution < -0.4 is 0 Å². The van der Waals surface area contributed by atoms with E-state index in [9.17, 15) is 8.42 Å². The van der Waals surface area contributed by atoms with Crippen LogP contribution in [-0.2, 0) is 14.7 Å². The molecule has 0 heterocycles. The zero-order valence-corrected chi connectivity index (χ0v) is 18.5. The third-order valence-corrected chi connectivity index (χ3v) is 7.02. The summed E-state index contributed by atoms with van der Waals surface area (Å²) in [6.07, 6.45) is 4.53. The highest BCUT2D eigenvalue weighted by Gasteiger charge is 2.23. The molecule has 0 aromatic heterocycles. The fourth-order valence-electron chi connectivity index (χ4n) is 4.13. The van der Waals surface area contributed by atoms with Gasteiger partial charge in [-0.05, 0) is 66.3 Å². The molecule has 0 atom stereocenters. The molecule has 0 aliphatic heterocycles. The Morgan fingerprint density at radius 2 is 1.68 bits per heavy atom. The lowest BCUT2D eigenvalue weighted by Crippen LogP contribution is -2.12. The summed E-state index contributed by atoms with van der Waals surface area (Å²) in [5, 5.41) is 7.78.